The zero-order valence-electron chi connectivity index (χ0n) is 7.11. The van der Waals surface area contributed by atoms with Gasteiger partial charge in [-0.2, -0.15) is 0 Å². The molecule has 5 nitrogen and oxygen atoms in total. The van der Waals surface area contributed by atoms with Crippen LogP contribution in [0.15, 0.2) is 6.20 Å². The number of carbonyl (C=O) groups excluding carboxylic acids is 1. The fourth-order valence-corrected chi connectivity index (χ4v) is 1.17. The Labute approximate surface area is 80.0 Å². The van der Waals surface area contributed by atoms with Gasteiger partial charge in [-0.15, -0.1) is 0 Å². The highest BCUT2D eigenvalue weighted by Crippen LogP contribution is 2.01. The smallest absolute Gasteiger partial charge is 0.325 e. The van der Waals surface area contributed by atoms with Crippen molar-refractivity contribution in [2.45, 2.75) is 13.2 Å². The lowest BCUT2D eigenvalue weighted by molar-refractivity contribution is -0.141. The number of hydrogen-bond acceptors (Lipinski definition) is 4. The van der Waals surface area contributed by atoms with Crippen LogP contribution in [-0.2, 0) is 22.7 Å². The van der Waals surface area contributed by atoms with Gasteiger partial charge in [0.15, 0.2) is 4.77 Å². The van der Waals surface area contributed by atoms with Crippen molar-refractivity contribution in [2.24, 2.45) is 0 Å². The van der Waals surface area contributed by atoms with Gasteiger partial charge in [0.25, 0.3) is 0 Å². The molecule has 1 aromatic rings. The van der Waals surface area contributed by atoms with Crippen LogP contribution in [0.4, 0.5) is 0 Å². The van der Waals surface area contributed by atoms with E-state index in [1.54, 1.807) is 6.20 Å². The van der Waals surface area contributed by atoms with Crippen LogP contribution in [0.1, 0.15) is 5.69 Å². The summed E-state index contributed by atoms with van der Waals surface area (Å²) in [6, 6.07) is 0. The summed E-state index contributed by atoms with van der Waals surface area (Å²) in [6.07, 6.45) is 1.56. The molecule has 72 valence electrons. The molecule has 0 radical (unpaired) electrons. The Bertz CT molecular complexity index is 355. The maximum absolute atomic E-state index is 10.9. The Morgan fingerprint density at radius 1 is 1.85 bits per heavy atom. The minimum atomic E-state index is -0.398. The first kappa shape index (κ1) is 9.94. The predicted octanol–water partition coefficient (Wildman–Crippen LogP) is 0.211. The van der Waals surface area contributed by atoms with E-state index in [0.717, 1.165) is 0 Å². The number of aliphatic hydroxyl groups is 1. The third kappa shape index (κ3) is 2.16. The van der Waals surface area contributed by atoms with E-state index in [0.29, 0.717) is 10.5 Å². The van der Waals surface area contributed by atoms with E-state index in [9.17, 15) is 4.79 Å². The highest BCUT2D eigenvalue weighted by Gasteiger charge is 2.07. The van der Waals surface area contributed by atoms with E-state index in [4.69, 9.17) is 17.3 Å². The third-order valence-corrected chi connectivity index (χ3v) is 1.97. The van der Waals surface area contributed by atoms with E-state index in [1.165, 1.54) is 11.7 Å². The molecule has 0 aliphatic heterocycles. The van der Waals surface area contributed by atoms with Gasteiger partial charge >= 0.3 is 5.97 Å². The highest BCUT2D eigenvalue weighted by molar-refractivity contribution is 7.71. The Balaban J connectivity index is 2.92. The van der Waals surface area contributed by atoms with Crippen molar-refractivity contribution in [3.8, 4) is 0 Å². The van der Waals surface area contributed by atoms with Gasteiger partial charge in [0.05, 0.1) is 19.4 Å². The Kier molecular flexibility index (Phi) is 3.21. The average Bonchev–Trinajstić information content (AvgIpc) is 2.48. The van der Waals surface area contributed by atoms with Crippen molar-refractivity contribution >= 4 is 18.2 Å². The summed E-state index contributed by atoms with van der Waals surface area (Å²) in [5.74, 6) is -0.398. The van der Waals surface area contributed by atoms with Crippen molar-refractivity contribution in [1.29, 1.82) is 0 Å². The van der Waals surface area contributed by atoms with Crippen molar-refractivity contribution in [2.75, 3.05) is 7.11 Å². The van der Waals surface area contributed by atoms with Gasteiger partial charge in [-0.3, -0.25) is 4.79 Å². The highest BCUT2D eigenvalue weighted by atomic mass is 32.1. The molecule has 1 aromatic heterocycles. The molecule has 13 heavy (non-hydrogen) atoms. The summed E-state index contributed by atoms with van der Waals surface area (Å²) in [5.41, 5.74) is 0.565. The number of aromatic nitrogens is 2. The van der Waals surface area contributed by atoms with Crippen LogP contribution in [0.25, 0.3) is 0 Å². The molecule has 0 spiro atoms. The number of nitrogens with one attached hydrogen (secondary N) is 1. The second kappa shape index (κ2) is 4.20. The van der Waals surface area contributed by atoms with Gasteiger partial charge in [-0.1, -0.05) is 0 Å². The average molecular weight is 202 g/mol. The summed E-state index contributed by atoms with van der Waals surface area (Å²) in [4.78, 5) is 13.6. The van der Waals surface area contributed by atoms with E-state index in [-0.39, 0.29) is 13.2 Å². The monoisotopic (exact) mass is 202 g/mol. The molecule has 0 saturated heterocycles. The first-order chi connectivity index (χ1) is 6.19. The topological polar surface area (TPSA) is 67.2 Å². The Morgan fingerprint density at radius 3 is 3.08 bits per heavy atom. The zero-order valence-corrected chi connectivity index (χ0v) is 7.93. The van der Waals surface area contributed by atoms with Crippen molar-refractivity contribution < 1.29 is 14.6 Å². The number of aliphatic hydroxyl groups excluding tert-OH is 1. The number of carbonyl (C=O) groups is 1. The van der Waals surface area contributed by atoms with Gasteiger partial charge in [-0.25, -0.2) is 0 Å². The fraction of sp³-hybridized carbons (Fsp3) is 0.429. The maximum atomic E-state index is 10.9. The van der Waals surface area contributed by atoms with Crippen LogP contribution >= 0.6 is 12.2 Å². The van der Waals surface area contributed by atoms with Crippen molar-refractivity contribution in [1.82, 2.24) is 9.55 Å². The molecule has 2 N–H and O–H groups in total. The molecular formula is C7H10N2O3S. The predicted molar refractivity (Wildman–Crippen MR) is 47.6 cm³/mol. The van der Waals surface area contributed by atoms with Crippen LogP contribution < -0.4 is 0 Å². The molecule has 0 aliphatic rings. The summed E-state index contributed by atoms with van der Waals surface area (Å²) in [7, 11) is 1.30. The number of hydrogen-bond donors (Lipinski definition) is 2. The van der Waals surface area contributed by atoms with Gasteiger partial charge in [0, 0.05) is 6.20 Å². The number of esters is 1. The SMILES string of the molecule is COC(=O)Cn1c(CO)c[nH]c1=S. The van der Waals surface area contributed by atoms with Crippen LogP contribution in [0, 0.1) is 4.77 Å². The first-order valence-electron chi connectivity index (χ1n) is 3.63. The first-order valence-corrected chi connectivity index (χ1v) is 4.04. The maximum Gasteiger partial charge on any atom is 0.325 e. The van der Waals surface area contributed by atoms with Gasteiger partial charge < -0.3 is 19.4 Å². The molecule has 0 bridgehead atoms. The standard InChI is InChI=1S/C7H10N2O3S/c1-12-6(11)3-9-5(4-10)2-8-7(9)13/h2,10H,3-4H2,1H3,(H,8,13). The molecule has 0 fully saturated rings. The van der Waals surface area contributed by atoms with Crippen LogP contribution in [0.2, 0.25) is 0 Å². The third-order valence-electron chi connectivity index (χ3n) is 1.63. The number of rotatable bonds is 3. The second-order valence-electron chi connectivity index (χ2n) is 2.41. The normalized spacial score (nSPS) is 10.0. The van der Waals surface area contributed by atoms with Crippen LogP contribution in [0.3, 0.4) is 0 Å². The van der Waals surface area contributed by atoms with Crippen molar-refractivity contribution in [3.63, 3.8) is 0 Å². The molecule has 0 unspecified atom stereocenters. The van der Waals surface area contributed by atoms with E-state index >= 15 is 0 Å². The lowest BCUT2D eigenvalue weighted by Crippen LogP contribution is -2.13. The number of H-pyrrole nitrogens is 1. The number of imidazole rings is 1. The minimum absolute atomic E-state index is 0.0225. The lowest BCUT2D eigenvalue weighted by atomic mass is 10.5. The fourth-order valence-electron chi connectivity index (χ4n) is 0.929. The van der Waals surface area contributed by atoms with Gasteiger partial charge in [0.2, 0.25) is 0 Å². The molecule has 1 heterocycles. The minimum Gasteiger partial charge on any atom is -0.468 e. The quantitative estimate of drug-likeness (QED) is 0.543. The zero-order chi connectivity index (χ0) is 9.84. The summed E-state index contributed by atoms with van der Waals surface area (Å²) in [5, 5.41) is 8.88. The summed E-state index contributed by atoms with van der Waals surface area (Å²) in [6.45, 7) is -0.140. The molecule has 0 amide bonds. The van der Waals surface area contributed by atoms with Crippen LogP contribution in [0.5, 0.6) is 0 Å². The number of ether oxygens (including phenoxy) is 1. The largest absolute Gasteiger partial charge is 0.468 e. The van der Waals surface area contributed by atoms with E-state index in [2.05, 4.69) is 9.72 Å². The molecule has 6 heteroatoms. The van der Waals surface area contributed by atoms with Crippen molar-refractivity contribution in [3.05, 3.63) is 16.7 Å². The van der Waals surface area contributed by atoms with Crippen LogP contribution in [-0.4, -0.2) is 27.7 Å². The van der Waals surface area contributed by atoms with E-state index < -0.39 is 5.97 Å². The Hall–Kier alpha value is -1.14. The van der Waals surface area contributed by atoms with Gasteiger partial charge in [-0.05, 0) is 12.2 Å². The summed E-state index contributed by atoms with van der Waals surface area (Å²) >= 11 is 4.89. The molecule has 0 saturated carbocycles. The second-order valence-corrected chi connectivity index (χ2v) is 2.79. The lowest BCUT2D eigenvalue weighted by Gasteiger charge is -2.03. The molecule has 0 atom stereocenters. The molecular weight excluding hydrogens is 192 g/mol. The molecule has 0 aromatic carbocycles. The Morgan fingerprint density at radius 2 is 2.54 bits per heavy atom. The molecule has 1 rings (SSSR count). The number of aromatic amines is 1. The number of methoxy groups -OCH3 is 1. The van der Waals surface area contributed by atoms with E-state index in [1.807, 2.05) is 0 Å². The number of nitrogens with zero attached hydrogens (tertiary/aromatic N) is 1. The summed E-state index contributed by atoms with van der Waals surface area (Å²) < 4.78 is 6.36. The molecule has 0 aliphatic carbocycles. The van der Waals surface area contributed by atoms with Gasteiger partial charge in [0.1, 0.15) is 6.54 Å².